The van der Waals surface area contributed by atoms with Gasteiger partial charge in [0.15, 0.2) is 7.51 Å². The Morgan fingerprint density at radius 3 is 0.880 bits per heavy atom. The van der Waals surface area contributed by atoms with Gasteiger partial charge >= 0.3 is 0 Å². The van der Waals surface area contributed by atoms with E-state index < -0.39 is 7.51 Å². The maximum atomic E-state index is 5.46. The van der Waals surface area contributed by atoms with Crippen LogP contribution in [0.15, 0.2) is 4.74 Å². The van der Waals surface area contributed by atoms with Crippen molar-refractivity contribution in [2.45, 2.75) is 87.0 Å². The van der Waals surface area contributed by atoms with Gasteiger partial charge in [0.1, 0.15) is 0 Å². The Kier molecular flexibility index (Phi) is 15.3. The molecule has 0 fully saturated rings. The molecular weight excluding hydrogens is 327 g/mol. The van der Waals surface area contributed by atoms with E-state index in [4.69, 9.17) is 4.74 Å². The van der Waals surface area contributed by atoms with Crippen LogP contribution in [0.25, 0.3) is 0 Å². The number of rotatable bonds is 16. The molecule has 0 aromatic rings. The molecule has 5 heteroatoms. The van der Waals surface area contributed by atoms with E-state index in [0.29, 0.717) is 0 Å². The van der Waals surface area contributed by atoms with E-state index in [0.717, 1.165) is 6.54 Å². The molecule has 0 heterocycles. The van der Waals surface area contributed by atoms with Crippen LogP contribution in [0, 0.1) is 0 Å². The fourth-order valence-corrected chi connectivity index (χ4v) is 8.48. The Morgan fingerprint density at radius 2 is 0.720 bits per heavy atom. The van der Waals surface area contributed by atoms with Crippen LogP contribution in [0.1, 0.15) is 87.0 Å². The van der Waals surface area contributed by atoms with Crippen molar-refractivity contribution in [2.75, 3.05) is 45.8 Å². The average molecular weight is 375 g/mol. The first kappa shape index (κ1) is 25.1. The smallest absolute Gasteiger partial charge is 0.167 e. The van der Waals surface area contributed by atoms with Crippen LogP contribution in [0.4, 0.5) is 0 Å². The SMILES string of the molecule is CCCN(CCC)P(=NCC)(N(CCC)CCC)N(CCC)CCC. The lowest BCUT2D eigenvalue weighted by Gasteiger charge is -2.50. The van der Waals surface area contributed by atoms with Crippen molar-refractivity contribution in [1.29, 1.82) is 0 Å². The van der Waals surface area contributed by atoms with Crippen molar-refractivity contribution in [3.05, 3.63) is 0 Å². The van der Waals surface area contributed by atoms with E-state index in [1.807, 2.05) is 0 Å². The van der Waals surface area contributed by atoms with E-state index >= 15 is 0 Å². The van der Waals surface area contributed by atoms with Crippen LogP contribution < -0.4 is 0 Å². The molecule has 0 saturated heterocycles. The molecular formula is C20H47N4P. The highest BCUT2D eigenvalue weighted by atomic mass is 31.2. The van der Waals surface area contributed by atoms with Gasteiger partial charge in [-0.05, 0) is 45.4 Å². The summed E-state index contributed by atoms with van der Waals surface area (Å²) in [6.45, 7) is 24.0. The zero-order valence-electron chi connectivity index (χ0n) is 18.4. The van der Waals surface area contributed by atoms with E-state index in [2.05, 4.69) is 62.5 Å². The molecule has 0 N–H and O–H groups in total. The van der Waals surface area contributed by atoms with E-state index in [1.54, 1.807) is 0 Å². The van der Waals surface area contributed by atoms with Crippen LogP contribution in [0.2, 0.25) is 0 Å². The summed E-state index contributed by atoms with van der Waals surface area (Å²) in [6, 6.07) is 0. The van der Waals surface area contributed by atoms with Crippen molar-refractivity contribution < 1.29 is 0 Å². The van der Waals surface area contributed by atoms with Gasteiger partial charge in [-0.1, -0.05) is 41.5 Å². The summed E-state index contributed by atoms with van der Waals surface area (Å²) in [7, 11) is -1.80. The van der Waals surface area contributed by atoms with Crippen LogP contribution in [-0.2, 0) is 0 Å². The van der Waals surface area contributed by atoms with Crippen molar-refractivity contribution in [3.8, 4) is 0 Å². The van der Waals surface area contributed by atoms with Gasteiger partial charge in [-0.15, -0.1) is 0 Å². The first-order valence-electron chi connectivity index (χ1n) is 11.0. The van der Waals surface area contributed by atoms with Crippen molar-refractivity contribution in [2.24, 2.45) is 4.74 Å². The molecule has 0 aliphatic carbocycles. The van der Waals surface area contributed by atoms with Gasteiger partial charge in [-0.3, -0.25) is 4.74 Å². The molecule has 0 saturated carbocycles. The molecule has 0 bridgehead atoms. The molecule has 0 atom stereocenters. The summed E-state index contributed by atoms with van der Waals surface area (Å²) in [5.74, 6) is 0. The predicted molar refractivity (Wildman–Crippen MR) is 116 cm³/mol. The maximum absolute atomic E-state index is 5.46. The van der Waals surface area contributed by atoms with Gasteiger partial charge in [0.25, 0.3) is 0 Å². The van der Waals surface area contributed by atoms with E-state index in [9.17, 15) is 0 Å². The molecule has 4 nitrogen and oxygen atoms in total. The molecule has 0 rings (SSSR count). The quantitative estimate of drug-likeness (QED) is 0.295. The van der Waals surface area contributed by atoms with Crippen LogP contribution in [0.5, 0.6) is 0 Å². The standard InChI is InChI=1S/C20H47N4P/c1-8-15-22(16-9-2)25(21-14-7,23(17-10-3)18-11-4)24(19-12-5)20-13-6/h8-20H2,1-7H3. The molecule has 0 spiro atoms. The normalized spacial score (nSPS) is 12.6. The topological polar surface area (TPSA) is 22.1 Å². The lowest BCUT2D eigenvalue weighted by Crippen LogP contribution is -2.43. The molecule has 0 aromatic carbocycles. The molecule has 0 aromatic heterocycles. The number of hydrogen-bond acceptors (Lipinski definition) is 1. The highest BCUT2D eigenvalue weighted by Crippen LogP contribution is 2.60. The second kappa shape index (κ2) is 15.2. The van der Waals surface area contributed by atoms with Gasteiger partial charge < -0.3 is 0 Å². The Hall–Kier alpha value is 0.110. The monoisotopic (exact) mass is 374 g/mol. The summed E-state index contributed by atoms with van der Waals surface area (Å²) < 4.78 is 13.8. The fourth-order valence-electron chi connectivity index (χ4n) is 3.68. The minimum Gasteiger partial charge on any atom is -0.261 e. The zero-order chi connectivity index (χ0) is 19.1. The summed E-state index contributed by atoms with van der Waals surface area (Å²) in [5, 5.41) is 0. The van der Waals surface area contributed by atoms with Crippen molar-refractivity contribution >= 4 is 7.51 Å². The Labute approximate surface area is 159 Å². The third kappa shape index (κ3) is 7.33. The molecule has 0 aliphatic heterocycles. The Bertz CT molecular complexity index is 294. The van der Waals surface area contributed by atoms with E-state index in [-0.39, 0.29) is 0 Å². The van der Waals surface area contributed by atoms with Gasteiger partial charge in [0, 0.05) is 45.8 Å². The van der Waals surface area contributed by atoms with Gasteiger partial charge in [0.2, 0.25) is 0 Å². The molecule has 0 unspecified atom stereocenters. The van der Waals surface area contributed by atoms with Crippen LogP contribution >= 0.6 is 7.51 Å². The summed E-state index contributed by atoms with van der Waals surface area (Å²) in [4.78, 5) is 0. The summed E-state index contributed by atoms with van der Waals surface area (Å²) in [5.41, 5.74) is 0. The molecule has 0 aliphatic rings. The first-order chi connectivity index (χ1) is 12.1. The third-order valence-electron chi connectivity index (χ3n) is 4.36. The second-order valence-corrected chi connectivity index (χ2v) is 9.91. The largest absolute Gasteiger partial charge is 0.261 e. The lowest BCUT2D eigenvalue weighted by molar-refractivity contribution is 0.302. The molecule has 0 amide bonds. The summed E-state index contributed by atoms with van der Waals surface area (Å²) >= 11 is 0. The zero-order valence-corrected chi connectivity index (χ0v) is 19.3. The Balaban J connectivity index is 6.33. The minimum absolute atomic E-state index is 0.922. The Morgan fingerprint density at radius 1 is 0.480 bits per heavy atom. The van der Waals surface area contributed by atoms with Gasteiger partial charge in [0.05, 0.1) is 0 Å². The molecule has 0 radical (unpaired) electrons. The molecule has 25 heavy (non-hydrogen) atoms. The third-order valence-corrected chi connectivity index (χ3v) is 8.50. The highest BCUT2D eigenvalue weighted by molar-refractivity contribution is 7.59. The van der Waals surface area contributed by atoms with Gasteiger partial charge in [-0.2, -0.15) is 0 Å². The summed E-state index contributed by atoms with van der Waals surface area (Å²) in [6.07, 6.45) is 7.25. The first-order valence-corrected chi connectivity index (χ1v) is 12.6. The van der Waals surface area contributed by atoms with Crippen LogP contribution in [0.3, 0.4) is 0 Å². The number of nitrogens with zero attached hydrogens (tertiary/aromatic N) is 4. The van der Waals surface area contributed by atoms with Crippen LogP contribution in [-0.4, -0.2) is 59.8 Å². The van der Waals surface area contributed by atoms with E-state index in [1.165, 1.54) is 77.8 Å². The molecule has 152 valence electrons. The van der Waals surface area contributed by atoms with Crippen molar-refractivity contribution in [3.63, 3.8) is 0 Å². The second-order valence-electron chi connectivity index (χ2n) is 6.86. The lowest BCUT2D eigenvalue weighted by atomic mass is 10.4. The van der Waals surface area contributed by atoms with Crippen molar-refractivity contribution in [1.82, 2.24) is 14.0 Å². The fraction of sp³-hybridized carbons (Fsp3) is 1.00. The maximum Gasteiger partial charge on any atom is 0.167 e. The predicted octanol–water partition coefficient (Wildman–Crippen LogP) is 6.32. The average Bonchev–Trinajstić information content (AvgIpc) is 2.59. The minimum atomic E-state index is -1.80. The number of hydrogen-bond donors (Lipinski definition) is 0. The highest BCUT2D eigenvalue weighted by Gasteiger charge is 2.38. The van der Waals surface area contributed by atoms with Gasteiger partial charge in [-0.25, -0.2) is 14.0 Å².